The van der Waals surface area contributed by atoms with Crippen molar-refractivity contribution < 1.29 is 0 Å². The lowest BCUT2D eigenvalue weighted by Crippen LogP contribution is -2.18. The second kappa shape index (κ2) is 6.04. The van der Waals surface area contributed by atoms with Crippen LogP contribution in [0.2, 0.25) is 0 Å². The molecule has 0 saturated carbocycles. The van der Waals surface area contributed by atoms with Crippen LogP contribution in [-0.2, 0) is 0 Å². The van der Waals surface area contributed by atoms with Gasteiger partial charge in [0.2, 0.25) is 0 Å². The lowest BCUT2D eigenvalue weighted by Gasteiger charge is -2.20. The van der Waals surface area contributed by atoms with E-state index in [4.69, 9.17) is 5.10 Å². The number of allylic oxidation sites excluding steroid dienone is 4. The number of nitrogens with zero attached hydrogens (tertiary/aromatic N) is 2. The fourth-order valence-electron chi connectivity index (χ4n) is 2.16. The van der Waals surface area contributed by atoms with Gasteiger partial charge in [-0.3, -0.25) is 5.01 Å². The van der Waals surface area contributed by atoms with Gasteiger partial charge in [0.15, 0.2) is 0 Å². The van der Waals surface area contributed by atoms with E-state index in [0.29, 0.717) is 0 Å². The van der Waals surface area contributed by atoms with Gasteiger partial charge >= 0.3 is 0 Å². The molecule has 2 nitrogen and oxygen atoms in total. The third kappa shape index (κ3) is 2.99. The maximum atomic E-state index is 4.85. The van der Waals surface area contributed by atoms with E-state index in [1.807, 2.05) is 0 Å². The van der Waals surface area contributed by atoms with Crippen LogP contribution in [-0.4, -0.2) is 17.3 Å². The summed E-state index contributed by atoms with van der Waals surface area (Å²) in [7, 11) is 0. The monoisotopic (exact) mass is 234 g/mol. The van der Waals surface area contributed by atoms with Crippen LogP contribution in [0.3, 0.4) is 0 Å². The van der Waals surface area contributed by atoms with Gasteiger partial charge in [-0.15, -0.1) is 0 Å². The van der Waals surface area contributed by atoms with Crippen LogP contribution in [0.4, 0.5) is 0 Å². The first-order valence-corrected chi connectivity index (χ1v) is 6.73. The van der Waals surface area contributed by atoms with Gasteiger partial charge in [0.05, 0.1) is 5.71 Å². The van der Waals surface area contributed by atoms with E-state index in [1.54, 1.807) is 0 Å². The van der Waals surface area contributed by atoms with Crippen LogP contribution in [0.25, 0.3) is 0 Å². The highest BCUT2D eigenvalue weighted by Crippen LogP contribution is 2.26. The summed E-state index contributed by atoms with van der Waals surface area (Å²) < 4.78 is 0. The zero-order valence-corrected chi connectivity index (χ0v) is 12.2. The van der Waals surface area contributed by atoms with Crippen LogP contribution < -0.4 is 0 Å². The van der Waals surface area contributed by atoms with Gasteiger partial charge in [-0.05, 0) is 57.3 Å². The van der Waals surface area contributed by atoms with Crippen molar-refractivity contribution in [1.29, 1.82) is 0 Å². The Morgan fingerprint density at radius 1 is 0.882 bits per heavy atom. The van der Waals surface area contributed by atoms with Crippen LogP contribution in [0.15, 0.2) is 27.5 Å². The molecule has 0 aromatic rings. The Bertz CT molecular complexity index is 372. The molecule has 0 bridgehead atoms. The third-order valence-electron chi connectivity index (χ3n) is 3.65. The first kappa shape index (κ1) is 14.0. The quantitative estimate of drug-likeness (QED) is 0.699. The van der Waals surface area contributed by atoms with Crippen molar-refractivity contribution in [2.75, 3.05) is 6.54 Å². The molecule has 0 atom stereocenters. The first-order chi connectivity index (χ1) is 8.02. The van der Waals surface area contributed by atoms with E-state index in [2.05, 4.69) is 46.6 Å². The highest BCUT2D eigenvalue weighted by Gasteiger charge is 2.17. The standard InChI is InChI=1S/C15H26N2/c1-7-9-15-13(5)11(3)12(4)14(6)17(16-15)10-8-2/h7-10H2,1-6H3. The van der Waals surface area contributed by atoms with Crippen molar-refractivity contribution in [2.45, 2.75) is 60.8 Å². The highest BCUT2D eigenvalue weighted by atomic mass is 15.5. The number of hydrogen-bond donors (Lipinski definition) is 0. The Kier molecular flexibility index (Phi) is 4.98. The molecular formula is C15H26N2. The van der Waals surface area contributed by atoms with Crippen molar-refractivity contribution in [3.63, 3.8) is 0 Å². The Morgan fingerprint density at radius 3 is 2.06 bits per heavy atom. The van der Waals surface area contributed by atoms with Crippen LogP contribution in [0, 0.1) is 0 Å². The lowest BCUT2D eigenvalue weighted by molar-refractivity contribution is 0.362. The van der Waals surface area contributed by atoms with E-state index < -0.39 is 0 Å². The number of rotatable bonds is 4. The van der Waals surface area contributed by atoms with Gasteiger partial charge in [0.1, 0.15) is 0 Å². The second-order valence-electron chi connectivity index (χ2n) is 4.88. The summed E-state index contributed by atoms with van der Waals surface area (Å²) in [6, 6.07) is 0. The number of hydrogen-bond acceptors (Lipinski definition) is 2. The molecule has 0 aromatic heterocycles. The maximum Gasteiger partial charge on any atom is 0.0641 e. The summed E-state index contributed by atoms with van der Waals surface area (Å²) in [5.74, 6) is 0. The zero-order valence-electron chi connectivity index (χ0n) is 12.2. The Labute approximate surface area is 106 Å². The Balaban J connectivity index is 3.20. The smallest absolute Gasteiger partial charge is 0.0641 e. The van der Waals surface area contributed by atoms with Gasteiger partial charge in [-0.25, -0.2) is 0 Å². The second-order valence-corrected chi connectivity index (χ2v) is 4.88. The van der Waals surface area contributed by atoms with Crippen molar-refractivity contribution in [1.82, 2.24) is 5.01 Å². The molecular weight excluding hydrogens is 208 g/mol. The average molecular weight is 234 g/mol. The highest BCUT2D eigenvalue weighted by molar-refractivity contribution is 6.01. The van der Waals surface area contributed by atoms with Crippen LogP contribution in [0.1, 0.15) is 60.8 Å². The van der Waals surface area contributed by atoms with Gasteiger partial charge in [0, 0.05) is 12.2 Å². The van der Waals surface area contributed by atoms with Gasteiger partial charge in [-0.1, -0.05) is 20.3 Å². The van der Waals surface area contributed by atoms with E-state index in [9.17, 15) is 0 Å². The van der Waals surface area contributed by atoms with Gasteiger partial charge in [0.25, 0.3) is 0 Å². The molecule has 0 aliphatic carbocycles. The minimum Gasteiger partial charge on any atom is -0.269 e. The molecule has 0 fully saturated rings. The molecule has 1 aliphatic heterocycles. The average Bonchev–Trinajstić information content (AvgIpc) is 2.38. The molecule has 0 amide bonds. The molecule has 0 aromatic carbocycles. The van der Waals surface area contributed by atoms with E-state index in [1.165, 1.54) is 28.1 Å². The normalized spacial score (nSPS) is 17.5. The zero-order chi connectivity index (χ0) is 13.0. The minimum atomic E-state index is 1.01. The molecule has 0 spiro atoms. The van der Waals surface area contributed by atoms with Crippen molar-refractivity contribution >= 4 is 5.71 Å². The molecule has 0 radical (unpaired) electrons. The summed E-state index contributed by atoms with van der Waals surface area (Å²) in [4.78, 5) is 0. The summed E-state index contributed by atoms with van der Waals surface area (Å²) in [5, 5.41) is 7.03. The van der Waals surface area contributed by atoms with E-state index in [0.717, 1.165) is 25.8 Å². The summed E-state index contributed by atoms with van der Waals surface area (Å²) in [6.45, 7) is 14.2. The fourth-order valence-corrected chi connectivity index (χ4v) is 2.16. The largest absolute Gasteiger partial charge is 0.269 e. The predicted octanol–water partition coefficient (Wildman–Crippen LogP) is 4.50. The van der Waals surface area contributed by atoms with Crippen LogP contribution in [0.5, 0.6) is 0 Å². The van der Waals surface area contributed by atoms with E-state index in [-0.39, 0.29) is 0 Å². The molecule has 1 rings (SSSR count). The van der Waals surface area contributed by atoms with Crippen LogP contribution >= 0.6 is 0 Å². The Hall–Kier alpha value is -1.05. The molecule has 0 N–H and O–H groups in total. The molecule has 1 heterocycles. The predicted molar refractivity (Wildman–Crippen MR) is 76.1 cm³/mol. The molecule has 2 heteroatoms. The first-order valence-electron chi connectivity index (χ1n) is 6.73. The fraction of sp³-hybridized carbons (Fsp3) is 0.667. The molecule has 0 unspecified atom stereocenters. The maximum absolute atomic E-state index is 4.85. The Morgan fingerprint density at radius 2 is 1.53 bits per heavy atom. The summed E-state index contributed by atoms with van der Waals surface area (Å²) in [6.07, 6.45) is 3.36. The third-order valence-corrected chi connectivity index (χ3v) is 3.65. The van der Waals surface area contributed by atoms with Crippen molar-refractivity contribution in [3.8, 4) is 0 Å². The number of hydrazone groups is 1. The van der Waals surface area contributed by atoms with Gasteiger partial charge < -0.3 is 0 Å². The molecule has 17 heavy (non-hydrogen) atoms. The van der Waals surface area contributed by atoms with E-state index >= 15 is 0 Å². The minimum absolute atomic E-state index is 1.01. The van der Waals surface area contributed by atoms with Crippen molar-refractivity contribution in [2.24, 2.45) is 5.10 Å². The molecule has 0 saturated heterocycles. The topological polar surface area (TPSA) is 15.6 Å². The molecule has 96 valence electrons. The molecule has 1 aliphatic rings. The lowest BCUT2D eigenvalue weighted by atomic mass is 9.97. The van der Waals surface area contributed by atoms with Gasteiger partial charge in [-0.2, -0.15) is 5.10 Å². The summed E-state index contributed by atoms with van der Waals surface area (Å²) >= 11 is 0. The van der Waals surface area contributed by atoms with Crippen molar-refractivity contribution in [3.05, 3.63) is 22.4 Å². The summed E-state index contributed by atoms with van der Waals surface area (Å²) in [5.41, 5.74) is 6.70. The SMILES string of the molecule is CCCC1=NN(CCC)C(C)=C(C)C(C)=C1C.